The lowest BCUT2D eigenvalue weighted by Gasteiger charge is -2.28. The van der Waals surface area contributed by atoms with Crippen LogP contribution < -0.4 is 37.6 Å². The zero-order valence-corrected chi connectivity index (χ0v) is 22.4. The number of benzene rings is 4. The summed E-state index contributed by atoms with van der Waals surface area (Å²) in [5, 5.41) is 4.21. The average molecular weight is 533 g/mol. The molecule has 0 heterocycles. The van der Waals surface area contributed by atoms with Crippen LogP contribution >= 0.6 is 7.26 Å². The van der Waals surface area contributed by atoms with Crippen molar-refractivity contribution in [2.75, 3.05) is 6.61 Å². The third-order valence-electron chi connectivity index (χ3n) is 6.23. The maximum atomic E-state index is 6.36. The standard InChI is InChI=1S/C31H34OP.BrH/c1-2-3-4-16-25-32-31-24-15-14-17-27(31)26-33(28-18-8-5-9-19-28,29-20-10-6-11-21-29)30-22-12-7-13-23-30;/h5-15,17-24H,2-4,16,25-26H2,1H3;1H/q+1;/p-1. The van der Waals surface area contributed by atoms with Crippen LogP contribution in [0.2, 0.25) is 0 Å². The van der Waals surface area contributed by atoms with E-state index in [4.69, 9.17) is 4.74 Å². The van der Waals surface area contributed by atoms with Crippen LogP contribution in [0.25, 0.3) is 0 Å². The molecule has 0 amide bonds. The molecule has 0 saturated carbocycles. The summed E-state index contributed by atoms with van der Waals surface area (Å²) < 4.78 is 6.36. The van der Waals surface area contributed by atoms with Crippen molar-refractivity contribution in [2.45, 2.75) is 38.8 Å². The Morgan fingerprint density at radius 3 is 1.53 bits per heavy atom. The van der Waals surface area contributed by atoms with Crippen molar-refractivity contribution in [2.24, 2.45) is 0 Å². The Labute approximate surface area is 216 Å². The Kier molecular flexibility index (Phi) is 10.4. The fourth-order valence-corrected chi connectivity index (χ4v) is 8.77. The number of unbranched alkanes of at least 4 members (excludes halogenated alkanes) is 3. The summed E-state index contributed by atoms with van der Waals surface area (Å²) in [5.74, 6) is 1.03. The van der Waals surface area contributed by atoms with E-state index in [1.807, 2.05) is 0 Å². The largest absolute Gasteiger partial charge is 1.00 e. The molecule has 0 fully saturated rings. The smallest absolute Gasteiger partial charge is 0.126 e. The van der Waals surface area contributed by atoms with E-state index < -0.39 is 7.26 Å². The van der Waals surface area contributed by atoms with Gasteiger partial charge in [0, 0.05) is 5.56 Å². The molecule has 0 radical (unpaired) electrons. The molecule has 34 heavy (non-hydrogen) atoms. The molecule has 3 heteroatoms. The van der Waals surface area contributed by atoms with Gasteiger partial charge in [-0.2, -0.15) is 0 Å². The van der Waals surface area contributed by atoms with E-state index in [1.165, 1.54) is 40.7 Å². The highest BCUT2D eigenvalue weighted by Crippen LogP contribution is 2.58. The molecular weight excluding hydrogens is 499 g/mol. The first-order valence-corrected chi connectivity index (χ1v) is 14.1. The van der Waals surface area contributed by atoms with Crippen LogP contribution in [0, 0.1) is 0 Å². The third kappa shape index (κ3) is 6.17. The lowest BCUT2D eigenvalue weighted by molar-refractivity contribution is -0.00000701. The summed E-state index contributed by atoms with van der Waals surface area (Å²) >= 11 is 0. The van der Waals surface area contributed by atoms with Crippen molar-refractivity contribution in [1.29, 1.82) is 0 Å². The van der Waals surface area contributed by atoms with E-state index in [-0.39, 0.29) is 17.0 Å². The second-order valence-electron chi connectivity index (χ2n) is 8.49. The number of para-hydroxylation sites is 1. The van der Waals surface area contributed by atoms with Crippen LogP contribution in [0.1, 0.15) is 38.2 Å². The van der Waals surface area contributed by atoms with E-state index >= 15 is 0 Å². The number of hydrogen-bond acceptors (Lipinski definition) is 1. The Balaban J connectivity index is 0.00000324. The fraction of sp³-hybridized carbons (Fsp3) is 0.226. The van der Waals surface area contributed by atoms with Gasteiger partial charge in [0.15, 0.2) is 0 Å². The van der Waals surface area contributed by atoms with Crippen LogP contribution in [-0.2, 0) is 6.16 Å². The molecule has 1 nitrogen and oxygen atoms in total. The average Bonchev–Trinajstić information content (AvgIpc) is 2.89. The van der Waals surface area contributed by atoms with Gasteiger partial charge in [0.2, 0.25) is 0 Å². The van der Waals surface area contributed by atoms with Crippen LogP contribution in [-0.4, -0.2) is 6.61 Å². The molecular formula is C31H34BrOP. The monoisotopic (exact) mass is 532 g/mol. The molecule has 0 aliphatic carbocycles. The van der Waals surface area contributed by atoms with Gasteiger partial charge in [-0.3, -0.25) is 0 Å². The fourth-order valence-electron chi connectivity index (χ4n) is 4.51. The highest BCUT2D eigenvalue weighted by atomic mass is 79.9. The summed E-state index contributed by atoms with van der Waals surface area (Å²) in [6.45, 7) is 3.03. The zero-order valence-electron chi connectivity index (χ0n) is 19.9. The summed E-state index contributed by atoms with van der Waals surface area (Å²) in [6, 6.07) is 41.9. The van der Waals surface area contributed by atoms with Crippen molar-refractivity contribution in [1.82, 2.24) is 0 Å². The van der Waals surface area contributed by atoms with Gasteiger partial charge in [-0.1, -0.05) is 99.0 Å². The minimum atomic E-state index is -1.93. The van der Waals surface area contributed by atoms with Gasteiger partial charge in [-0.15, -0.1) is 0 Å². The molecule has 0 spiro atoms. The Morgan fingerprint density at radius 2 is 1.03 bits per heavy atom. The van der Waals surface area contributed by atoms with Gasteiger partial charge in [-0.05, 0) is 48.9 Å². The highest BCUT2D eigenvalue weighted by Gasteiger charge is 2.45. The first-order chi connectivity index (χ1) is 16.3. The maximum absolute atomic E-state index is 6.36. The highest BCUT2D eigenvalue weighted by molar-refractivity contribution is 7.95. The predicted molar refractivity (Wildman–Crippen MR) is 145 cm³/mol. The van der Waals surface area contributed by atoms with Crippen molar-refractivity contribution < 1.29 is 21.7 Å². The zero-order chi connectivity index (χ0) is 22.8. The number of hydrogen-bond donors (Lipinski definition) is 0. The van der Waals surface area contributed by atoms with E-state index in [0.29, 0.717) is 0 Å². The minimum Gasteiger partial charge on any atom is -1.00 e. The SMILES string of the molecule is CCCCCCOc1ccccc1C[P+](c1ccccc1)(c1ccccc1)c1ccccc1.[Br-]. The molecule has 0 bridgehead atoms. The Morgan fingerprint density at radius 1 is 0.559 bits per heavy atom. The van der Waals surface area contributed by atoms with Crippen LogP contribution in [0.4, 0.5) is 0 Å². The van der Waals surface area contributed by atoms with Gasteiger partial charge in [0.1, 0.15) is 35.1 Å². The Hall–Kier alpha value is -2.41. The molecule has 0 saturated heterocycles. The molecule has 4 aromatic carbocycles. The number of halogens is 1. The molecule has 0 atom stereocenters. The van der Waals surface area contributed by atoms with Gasteiger partial charge in [0.25, 0.3) is 0 Å². The number of ether oxygens (including phenoxy) is 1. The van der Waals surface area contributed by atoms with Crippen molar-refractivity contribution in [3.05, 3.63) is 121 Å². The predicted octanol–water partition coefficient (Wildman–Crippen LogP) is 4.14. The summed E-state index contributed by atoms with van der Waals surface area (Å²) in [5.41, 5.74) is 1.29. The summed E-state index contributed by atoms with van der Waals surface area (Å²) in [4.78, 5) is 0. The molecule has 4 aromatic rings. The molecule has 176 valence electrons. The number of rotatable bonds is 11. The molecule has 0 unspecified atom stereocenters. The van der Waals surface area contributed by atoms with Gasteiger partial charge >= 0.3 is 0 Å². The van der Waals surface area contributed by atoms with Gasteiger partial charge in [-0.25, -0.2) is 0 Å². The minimum absolute atomic E-state index is 0. The van der Waals surface area contributed by atoms with E-state index in [2.05, 4.69) is 122 Å². The van der Waals surface area contributed by atoms with Crippen LogP contribution in [0.5, 0.6) is 5.75 Å². The topological polar surface area (TPSA) is 9.23 Å². The molecule has 0 aromatic heterocycles. The normalized spacial score (nSPS) is 11.0. The second-order valence-corrected chi connectivity index (χ2v) is 12.0. The second kappa shape index (κ2) is 13.5. The first kappa shape index (κ1) is 26.2. The summed E-state index contributed by atoms with van der Waals surface area (Å²) in [6.07, 6.45) is 5.80. The third-order valence-corrected chi connectivity index (χ3v) is 10.6. The first-order valence-electron chi connectivity index (χ1n) is 12.1. The Bertz CT molecular complexity index is 1000. The van der Waals surface area contributed by atoms with E-state index in [9.17, 15) is 0 Å². The van der Waals surface area contributed by atoms with Gasteiger partial charge in [0.05, 0.1) is 6.61 Å². The molecule has 0 aliphatic rings. The summed E-state index contributed by atoms with van der Waals surface area (Å²) in [7, 11) is -1.93. The van der Waals surface area contributed by atoms with Gasteiger partial charge < -0.3 is 21.7 Å². The van der Waals surface area contributed by atoms with Crippen molar-refractivity contribution >= 4 is 23.2 Å². The van der Waals surface area contributed by atoms with Crippen LogP contribution in [0.3, 0.4) is 0 Å². The molecule has 0 aliphatic heterocycles. The lowest BCUT2D eigenvalue weighted by Crippen LogP contribution is -3.00. The van der Waals surface area contributed by atoms with E-state index in [0.717, 1.165) is 24.9 Å². The quantitative estimate of drug-likeness (QED) is 0.208. The lowest BCUT2D eigenvalue weighted by atomic mass is 10.2. The van der Waals surface area contributed by atoms with E-state index in [1.54, 1.807) is 0 Å². The van der Waals surface area contributed by atoms with Crippen molar-refractivity contribution in [3.63, 3.8) is 0 Å². The maximum Gasteiger partial charge on any atom is 0.126 e. The van der Waals surface area contributed by atoms with Crippen molar-refractivity contribution in [3.8, 4) is 5.75 Å². The van der Waals surface area contributed by atoms with Crippen LogP contribution in [0.15, 0.2) is 115 Å². The molecule has 4 rings (SSSR count). The molecule has 0 N–H and O–H groups in total.